The van der Waals surface area contributed by atoms with Crippen LogP contribution in [0.3, 0.4) is 0 Å². The van der Waals surface area contributed by atoms with Gasteiger partial charge in [-0.1, -0.05) is 20.8 Å². The molecule has 4 aliphatic carbocycles. The number of hydrogen-bond donors (Lipinski definition) is 1. The summed E-state index contributed by atoms with van der Waals surface area (Å²) in [5.74, 6) is 3.53. The molecule has 0 aromatic rings. The molecule has 4 saturated carbocycles. The number of aliphatic hydroxyl groups excluding tert-OH is 1. The lowest BCUT2D eigenvalue weighted by molar-refractivity contribution is -0.160. The van der Waals surface area contributed by atoms with Crippen LogP contribution in [0.1, 0.15) is 85.0 Å². The van der Waals surface area contributed by atoms with Crippen molar-refractivity contribution in [3.05, 3.63) is 0 Å². The van der Waals surface area contributed by atoms with Crippen LogP contribution in [0.2, 0.25) is 0 Å². The third kappa shape index (κ3) is 4.11. The van der Waals surface area contributed by atoms with E-state index in [2.05, 4.69) is 20.8 Å². The van der Waals surface area contributed by atoms with Crippen LogP contribution in [0.15, 0.2) is 0 Å². The average Bonchev–Trinajstić information content (AvgIpc) is 3.09. The standard InChI is InChI=1S/C26H42O4S/c1-16(5-8-23(29)30-15-31-4)19-6-7-20-24-21(10-12-26(19,20)3)25(2)11-9-18(27)13-17(25)14-22(24)28/h16-21,24,27H,5-15H2,1-4H3/t16-,17+,18-,19-,20+,21+,24+,25+,26-/m1/s1. The van der Waals surface area contributed by atoms with Gasteiger partial charge in [0.15, 0.2) is 0 Å². The summed E-state index contributed by atoms with van der Waals surface area (Å²) in [5, 5.41) is 10.2. The Kier molecular flexibility index (Phi) is 6.86. The molecule has 0 spiro atoms. The van der Waals surface area contributed by atoms with Crippen LogP contribution in [0.5, 0.6) is 0 Å². The van der Waals surface area contributed by atoms with Crippen molar-refractivity contribution in [3.63, 3.8) is 0 Å². The summed E-state index contributed by atoms with van der Waals surface area (Å²) in [6.45, 7) is 7.21. The molecule has 0 bridgehead atoms. The van der Waals surface area contributed by atoms with Crippen molar-refractivity contribution in [2.45, 2.75) is 91.1 Å². The van der Waals surface area contributed by atoms with E-state index in [9.17, 15) is 14.7 Å². The fourth-order valence-corrected chi connectivity index (χ4v) is 8.88. The van der Waals surface area contributed by atoms with Crippen molar-refractivity contribution in [1.82, 2.24) is 0 Å². The van der Waals surface area contributed by atoms with E-state index in [4.69, 9.17) is 4.74 Å². The van der Waals surface area contributed by atoms with Gasteiger partial charge < -0.3 is 9.84 Å². The molecule has 4 rings (SSSR count). The van der Waals surface area contributed by atoms with Crippen molar-refractivity contribution in [2.75, 3.05) is 12.2 Å². The van der Waals surface area contributed by atoms with Gasteiger partial charge in [-0.2, -0.15) is 0 Å². The SMILES string of the molecule is CSCOC(=O)CC[C@@H](C)[C@H]1CC[C@H]2[C@@H]3C(=O)C[C@@H]4C[C@H](O)CC[C@]4(C)[C@H]3CC[C@]12C. The van der Waals surface area contributed by atoms with Gasteiger partial charge in [0.25, 0.3) is 0 Å². The van der Waals surface area contributed by atoms with Gasteiger partial charge in [0.1, 0.15) is 11.7 Å². The Balaban J connectivity index is 1.46. The van der Waals surface area contributed by atoms with Crippen molar-refractivity contribution < 1.29 is 19.4 Å². The molecule has 0 aromatic heterocycles. The molecular formula is C26H42O4S. The average molecular weight is 451 g/mol. The molecule has 0 aliphatic heterocycles. The van der Waals surface area contributed by atoms with Crippen molar-refractivity contribution in [2.24, 2.45) is 46.3 Å². The van der Waals surface area contributed by atoms with Crippen LogP contribution < -0.4 is 0 Å². The van der Waals surface area contributed by atoms with E-state index in [1.807, 2.05) is 6.26 Å². The summed E-state index contributed by atoms with van der Waals surface area (Å²) in [7, 11) is 0. The minimum atomic E-state index is -0.212. The maximum Gasteiger partial charge on any atom is 0.306 e. The highest BCUT2D eigenvalue weighted by molar-refractivity contribution is 7.98. The summed E-state index contributed by atoms with van der Waals surface area (Å²) in [6.07, 6.45) is 11.3. The lowest BCUT2D eigenvalue weighted by Crippen LogP contribution is -2.57. The van der Waals surface area contributed by atoms with Crippen LogP contribution in [0.4, 0.5) is 0 Å². The summed E-state index contributed by atoms with van der Waals surface area (Å²) in [4.78, 5) is 25.5. The van der Waals surface area contributed by atoms with E-state index in [0.29, 0.717) is 54.2 Å². The Morgan fingerprint density at radius 2 is 1.87 bits per heavy atom. The molecule has 5 heteroatoms. The summed E-state index contributed by atoms with van der Waals surface area (Å²) in [6, 6.07) is 0. The van der Waals surface area contributed by atoms with Crippen LogP contribution in [-0.2, 0) is 14.3 Å². The van der Waals surface area contributed by atoms with Crippen molar-refractivity contribution in [3.8, 4) is 0 Å². The molecule has 0 radical (unpaired) electrons. The zero-order valence-electron chi connectivity index (χ0n) is 19.9. The lowest BCUT2D eigenvalue weighted by Gasteiger charge is -2.60. The monoisotopic (exact) mass is 450 g/mol. The summed E-state index contributed by atoms with van der Waals surface area (Å²) in [5.41, 5.74) is 0.445. The van der Waals surface area contributed by atoms with E-state index >= 15 is 0 Å². The second-order valence-electron chi connectivity index (χ2n) is 11.7. The Morgan fingerprint density at radius 3 is 2.61 bits per heavy atom. The van der Waals surface area contributed by atoms with Gasteiger partial charge in [-0.05, 0) is 98.0 Å². The molecule has 0 amide bonds. The zero-order chi connectivity index (χ0) is 22.4. The first-order valence-corrected chi connectivity index (χ1v) is 14.0. The number of carbonyl (C=O) groups is 2. The van der Waals surface area contributed by atoms with E-state index in [-0.39, 0.29) is 28.8 Å². The number of Topliss-reactive ketones (excluding diaryl/α,β-unsaturated/α-hetero) is 1. The Morgan fingerprint density at radius 1 is 1.16 bits per heavy atom. The molecule has 0 aromatic carbocycles. The molecule has 4 fully saturated rings. The van der Waals surface area contributed by atoms with Gasteiger partial charge in [-0.15, -0.1) is 11.8 Å². The normalized spacial score (nSPS) is 45.4. The van der Waals surface area contributed by atoms with E-state index in [1.165, 1.54) is 31.0 Å². The minimum absolute atomic E-state index is 0.0782. The van der Waals surface area contributed by atoms with Crippen molar-refractivity contribution >= 4 is 23.5 Å². The Hall–Kier alpha value is -0.550. The van der Waals surface area contributed by atoms with Gasteiger partial charge in [-0.3, -0.25) is 9.59 Å². The topological polar surface area (TPSA) is 63.6 Å². The number of aliphatic hydroxyl groups is 1. The molecule has 1 N–H and O–H groups in total. The molecule has 9 atom stereocenters. The number of ketones is 1. The number of rotatable bonds is 6. The van der Waals surface area contributed by atoms with Gasteiger partial charge in [0.2, 0.25) is 0 Å². The predicted octanol–water partition coefficient (Wildman–Crippen LogP) is 5.47. The summed E-state index contributed by atoms with van der Waals surface area (Å²) < 4.78 is 5.25. The number of fused-ring (bicyclic) bond motifs is 5. The number of thioether (sulfide) groups is 1. The Bertz CT molecular complexity index is 695. The maximum atomic E-state index is 13.5. The third-order valence-corrected chi connectivity index (χ3v) is 10.7. The molecule has 0 heterocycles. The number of hydrogen-bond acceptors (Lipinski definition) is 5. The number of carbonyl (C=O) groups excluding carboxylic acids is 2. The van der Waals surface area contributed by atoms with Crippen LogP contribution in [0.25, 0.3) is 0 Å². The van der Waals surface area contributed by atoms with E-state index in [1.54, 1.807) is 0 Å². The fourth-order valence-electron chi connectivity index (χ4n) is 8.63. The fraction of sp³-hybridized carbons (Fsp3) is 0.923. The van der Waals surface area contributed by atoms with E-state index < -0.39 is 0 Å². The van der Waals surface area contributed by atoms with Crippen LogP contribution in [-0.4, -0.2) is 35.2 Å². The first-order chi connectivity index (χ1) is 14.7. The van der Waals surface area contributed by atoms with Crippen LogP contribution >= 0.6 is 11.8 Å². The highest BCUT2D eigenvalue weighted by Crippen LogP contribution is 2.67. The van der Waals surface area contributed by atoms with Gasteiger partial charge in [0, 0.05) is 18.8 Å². The predicted molar refractivity (Wildman–Crippen MR) is 124 cm³/mol. The zero-order valence-corrected chi connectivity index (χ0v) is 20.7. The smallest absolute Gasteiger partial charge is 0.306 e. The number of esters is 1. The molecule has 4 nitrogen and oxygen atoms in total. The second kappa shape index (κ2) is 9.00. The highest BCUT2D eigenvalue weighted by atomic mass is 32.2. The quantitative estimate of drug-likeness (QED) is 0.430. The van der Waals surface area contributed by atoms with Gasteiger partial charge in [0.05, 0.1) is 6.10 Å². The lowest BCUT2D eigenvalue weighted by atomic mass is 9.44. The molecular weight excluding hydrogens is 408 g/mol. The molecule has 4 aliphatic rings. The Labute approximate surface area is 192 Å². The minimum Gasteiger partial charge on any atom is -0.455 e. The van der Waals surface area contributed by atoms with Gasteiger partial charge >= 0.3 is 5.97 Å². The highest BCUT2D eigenvalue weighted by Gasteiger charge is 2.62. The first kappa shape index (κ1) is 23.6. The largest absolute Gasteiger partial charge is 0.455 e. The van der Waals surface area contributed by atoms with Crippen LogP contribution in [0, 0.1) is 46.3 Å². The van der Waals surface area contributed by atoms with Crippen molar-refractivity contribution in [1.29, 1.82) is 0 Å². The second-order valence-corrected chi connectivity index (χ2v) is 12.5. The molecule has 176 valence electrons. The summed E-state index contributed by atoms with van der Waals surface area (Å²) >= 11 is 1.53. The third-order valence-electron chi connectivity index (χ3n) is 10.3. The molecule has 0 saturated heterocycles. The van der Waals surface area contributed by atoms with Gasteiger partial charge in [-0.25, -0.2) is 0 Å². The van der Waals surface area contributed by atoms with E-state index in [0.717, 1.165) is 32.1 Å². The number of ether oxygens (including phenoxy) is 1. The first-order valence-electron chi connectivity index (χ1n) is 12.6. The molecule has 0 unspecified atom stereocenters. The maximum absolute atomic E-state index is 13.5. The molecule has 31 heavy (non-hydrogen) atoms.